The number of rotatable bonds is 4. The fraction of sp³-hybridized carbons (Fsp3) is 0.100. The molecule has 0 saturated heterocycles. The summed E-state index contributed by atoms with van der Waals surface area (Å²) in [6.45, 7) is 1.46. The van der Waals surface area contributed by atoms with Gasteiger partial charge in [-0.1, -0.05) is 30.3 Å². The normalized spacial score (nSPS) is 11.2. The van der Waals surface area contributed by atoms with Gasteiger partial charge in [-0.3, -0.25) is 4.79 Å². The predicted octanol–water partition coefficient (Wildman–Crippen LogP) is 2.59. The fourth-order valence-corrected chi connectivity index (χ4v) is 3.18. The molecule has 142 valence electrons. The van der Waals surface area contributed by atoms with Gasteiger partial charge in [0.25, 0.3) is 0 Å². The molecule has 0 fully saturated rings. The van der Waals surface area contributed by atoms with Crippen molar-refractivity contribution in [3.8, 4) is 17.1 Å². The first-order valence-corrected chi connectivity index (χ1v) is 8.95. The summed E-state index contributed by atoms with van der Waals surface area (Å²) in [5.74, 6) is -0.361. The summed E-state index contributed by atoms with van der Waals surface area (Å²) < 4.78 is 8.59. The highest BCUT2D eigenvalue weighted by atomic mass is 16.5. The average molecular weight is 385 g/mol. The molecule has 0 saturated carbocycles. The molecule has 0 aliphatic carbocycles. The standard InChI is InChI=1S/C20H15N7O2/c1-13(28)29-12-15-11-17(23-26(15)14-7-3-2-4-8-14)19-20-22-24-25-27(20)18-10-6-5-9-16(18)21-19/h2-11H,12H2,1H3. The summed E-state index contributed by atoms with van der Waals surface area (Å²) in [4.78, 5) is 16.1. The molecule has 5 aromatic rings. The first kappa shape index (κ1) is 17.0. The number of hydrogen-bond donors (Lipinski definition) is 0. The van der Waals surface area contributed by atoms with E-state index in [4.69, 9.17) is 14.8 Å². The summed E-state index contributed by atoms with van der Waals surface area (Å²) in [5, 5.41) is 16.8. The lowest BCUT2D eigenvalue weighted by Gasteiger charge is -2.07. The van der Waals surface area contributed by atoms with Crippen LogP contribution in [0.1, 0.15) is 12.6 Å². The average Bonchev–Trinajstić information content (AvgIpc) is 3.40. The lowest BCUT2D eigenvalue weighted by molar-refractivity contribution is -0.142. The van der Waals surface area contributed by atoms with E-state index in [-0.39, 0.29) is 12.6 Å². The van der Waals surface area contributed by atoms with Crippen molar-refractivity contribution in [2.24, 2.45) is 0 Å². The van der Waals surface area contributed by atoms with Gasteiger partial charge in [-0.2, -0.15) is 9.61 Å². The molecule has 5 rings (SSSR count). The maximum Gasteiger partial charge on any atom is 0.303 e. The predicted molar refractivity (Wildman–Crippen MR) is 104 cm³/mol. The highest BCUT2D eigenvalue weighted by Gasteiger charge is 2.19. The molecule has 0 aliphatic heterocycles. The smallest absolute Gasteiger partial charge is 0.303 e. The number of ether oxygens (including phenoxy) is 1. The Labute approximate surface area is 164 Å². The monoisotopic (exact) mass is 385 g/mol. The van der Waals surface area contributed by atoms with Crippen molar-refractivity contribution in [3.05, 3.63) is 66.4 Å². The third kappa shape index (κ3) is 2.98. The number of benzene rings is 2. The molecule has 0 atom stereocenters. The lowest BCUT2D eigenvalue weighted by atomic mass is 10.2. The minimum absolute atomic E-state index is 0.0893. The van der Waals surface area contributed by atoms with Gasteiger partial charge in [0.2, 0.25) is 5.65 Å². The molecule has 0 aliphatic rings. The summed E-state index contributed by atoms with van der Waals surface area (Å²) in [6, 6.07) is 19.1. The number of fused-ring (bicyclic) bond motifs is 3. The molecule has 0 amide bonds. The number of tetrazole rings is 1. The number of carbonyl (C=O) groups is 1. The summed E-state index contributed by atoms with van der Waals surface area (Å²) >= 11 is 0. The molecular weight excluding hydrogens is 370 g/mol. The van der Waals surface area contributed by atoms with Crippen LogP contribution in [0.3, 0.4) is 0 Å². The highest BCUT2D eigenvalue weighted by Crippen LogP contribution is 2.26. The molecule has 2 aromatic carbocycles. The van der Waals surface area contributed by atoms with Crippen LogP contribution >= 0.6 is 0 Å². The number of carbonyl (C=O) groups excluding carboxylic acids is 1. The van der Waals surface area contributed by atoms with E-state index in [2.05, 4.69) is 15.5 Å². The molecule has 0 radical (unpaired) electrons. The number of para-hydroxylation sites is 3. The highest BCUT2D eigenvalue weighted by molar-refractivity contribution is 5.84. The van der Waals surface area contributed by atoms with E-state index in [0.717, 1.165) is 16.7 Å². The van der Waals surface area contributed by atoms with Crippen LogP contribution in [-0.2, 0) is 16.1 Å². The van der Waals surface area contributed by atoms with Gasteiger partial charge in [0.15, 0.2) is 0 Å². The van der Waals surface area contributed by atoms with Crippen LogP contribution in [0.25, 0.3) is 33.8 Å². The number of aromatic nitrogens is 7. The zero-order valence-electron chi connectivity index (χ0n) is 15.4. The Hall–Kier alpha value is -4.14. The zero-order chi connectivity index (χ0) is 19.8. The van der Waals surface area contributed by atoms with E-state index in [1.807, 2.05) is 60.7 Å². The minimum Gasteiger partial charge on any atom is -0.459 e. The van der Waals surface area contributed by atoms with Gasteiger partial charge in [0, 0.05) is 6.92 Å². The van der Waals surface area contributed by atoms with Crippen molar-refractivity contribution >= 4 is 22.6 Å². The van der Waals surface area contributed by atoms with Gasteiger partial charge in [-0.05, 0) is 40.8 Å². The Morgan fingerprint density at radius 3 is 2.69 bits per heavy atom. The van der Waals surface area contributed by atoms with Crippen LogP contribution in [0.2, 0.25) is 0 Å². The minimum atomic E-state index is -0.361. The van der Waals surface area contributed by atoms with E-state index < -0.39 is 0 Å². The fourth-order valence-electron chi connectivity index (χ4n) is 3.18. The Morgan fingerprint density at radius 2 is 1.86 bits per heavy atom. The van der Waals surface area contributed by atoms with E-state index in [1.54, 1.807) is 9.20 Å². The zero-order valence-corrected chi connectivity index (χ0v) is 15.4. The molecule has 9 heteroatoms. The second-order valence-corrected chi connectivity index (χ2v) is 6.41. The Kier molecular flexibility index (Phi) is 3.98. The topological polar surface area (TPSA) is 100 Å². The molecular formula is C20H15N7O2. The Bertz CT molecular complexity index is 1340. The van der Waals surface area contributed by atoms with Crippen LogP contribution in [0.5, 0.6) is 0 Å². The molecule has 0 unspecified atom stereocenters. The van der Waals surface area contributed by atoms with Crippen LogP contribution in [-0.4, -0.2) is 40.8 Å². The first-order valence-electron chi connectivity index (χ1n) is 8.95. The van der Waals surface area contributed by atoms with E-state index in [0.29, 0.717) is 22.7 Å². The van der Waals surface area contributed by atoms with Crippen LogP contribution in [0, 0.1) is 0 Å². The SMILES string of the molecule is CC(=O)OCc1cc(-c2nc3ccccc3n3nnnc23)nn1-c1ccccc1. The molecule has 0 bridgehead atoms. The van der Waals surface area contributed by atoms with Gasteiger partial charge in [0.1, 0.15) is 18.0 Å². The van der Waals surface area contributed by atoms with Gasteiger partial charge < -0.3 is 4.74 Å². The van der Waals surface area contributed by atoms with E-state index >= 15 is 0 Å². The van der Waals surface area contributed by atoms with Crippen molar-refractivity contribution in [3.63, 3.8) is 0 Å². The molecule has 9 nitrogen and oxygen atoms in total. The summed E-state index contributed by atoms with van der Waals surface area (Å²) in [5.41, 5.74) is 4.74. The van der Waals surface area contributed by atoms with Crippen molar-refractivity contribution in [2.45, 2.75) is 13.5 Å². The largest absolute Gasteiger partial charge is 0.459 e. The number of hydrogen-bond acceptors (Lipinski definition) is 7. The quantitative estimate of drug-likeness (QED) is 0.438. The second-order valence-electron chi connectivity index (χ2n) is 6.41. The van der Waals surface area contributed by atoms with Crippen molar-refractivity contribution in [1.29, 1.82) is 0 Å². The number of nitrogens with zero attached hydrogens (tertiary/aromatic N) is 7. The maximum absolute atomic E-state index is 11.3. The van der Waals surface area contributed by atoms with E-state index in [1.165, 1.54) is 6.92 Å². The summed E-state index contributed by atoms with van der Waals surface area (Å²) in [7, 11) is 0. The third-order valence-electron chi connectivity index (χ3n) is 4.47. The molecule has 3 aromatic heterocycles. The van der Waals surface area contributed by atoms with Crippen LogP contribution in [0.4, 0.5) is 0 Å². The van der Waals surface area contributed by atoms with Gasteiger partial charge >= 0.3 is 5.97 Å². The molecule has 3 heterocycles. The van der Waals surface area contributed by atoms with Crippen molar-refractivity contribution in [1.82, 2.24) is 34.8 Å². The molecule has 29 heavy (non-hydrogen) atoms. The van der Waals surface area contributed by atoms with Gasteiger partial charge in [0.05, 0.1) is 22.4 Å². The van der Waals surface area contributed by atoms with Gasteiger partial charge in [-0.25, -0.2) is 9.67 Å². The van der Waals surface area contributed by atoms with Crippen molar-refractivity contribution < 1.29 is 9.53 Å². The summed E-state index contributed by atoms with van der Waals surface area (Å²) in [6.07, 6.45) is 0. The van der Waals surface area contributed by atoms with Gasteiger partial charge in [-0.15, -0.1) is 5.10 Å². The molecule has 0 spiro atoms. The van der Waals surface area contributed by atoms with Crippen LogP contribution < -0.4 is 0 Å². The van der Waals surface area contributed by atoms with Crippen LogP contribution in [0.15, 0.2) is 60.7 Å². The van der Waals surface area contributed by atoms with Crippen molar-refractivity contribution in [2.75, 3.05) is 0 Å². The Morgan fingerprint density at radius 1 is 1.07 bits per heavy atom. The maximum atomic E-state index is 11.3. The molecule has 0 N–H and O–H groups in total. The second kappa shape index (κ2) is 6.79. The lowest BCUT2D eigenvalue weighted by Crippen LogP contribution is -2.06. The number of esters is 1. The third-order valence-corrected chi connectivity index (χ3v) is 4.47. The Balaban J connectivity index is 1.72. The first-order chi connectivity index (χ1) is 14.2. The van der Waals surface area contributed by atoms with E-state index in [9.17, 15) is 4.79 Å².